The summed E-state index contributed by atoms with van der Waals surface area (Å²) in [4.78, 5) is 12.4. The first-order chi connectivity index (χ1) is 12.3. The molecule has 1 amide bonds. The second-order valence-corrected chi connectivity index (χ2v) is 8.02. The molecule has 0 aliphatic carbocycles. The minimum absolute atomic E-state index is 0.113. The minimum Gasteiger partial charge on any atom is -0.377 e. The maximum Gasteiger partial charge on any atom is 0.268 e. The second-order valence-electron chi connectivity index (χ2n) is 6.25. The minimum atomic E-state index is -3.83. The van der Waals surface area contributed by atoms with E-state index in [9.17, 15) is 17.6 Å². The molecule has 1 aromatic heterocycles. The third-order valence-electron chi connectivity index (χ3n) is 4.14. The number of nitrogens with zero attached hydrogens (tertiary/aromatic N) is 2. The van der Waals surface area contributed by atoms with Crippen LogP contribution in [-0.2, 0) is 14.8 Å². The van der Waals surface area contributed by atoms with Gasteiger partial charge in [-0.2, -0.15) is 5.10 Å². The summed E-state index contributed by atoms with van der Waals surface area (Å²) in [5.41, 5.74) is 0.892. The van der Waals surface area contributed by atoms with E-state index in [4.69, 9.17) is 4.74 Å². The molecule has 9 heteroatoms. The molecule has 3 rings (SSSR count). The summed E-state index contributed by atoms with van der Waals surface area (Å²) in [5.74, 6) is -1.45. The monoisotopic (exact) mass is 381 g/mol. The zero-order valence-electron chi connectivity index (χ0n) is 14.3. The molecule has 1 aliphatic rings. The van der Waals surface area contributed by atoms with Crippen LogP contribution >= 0.6 is 0 Å². The predicted octanol–water partition coefficient (Wildman–Crippen LogP) is 1.95. The molecule has 1 fully saturated rings. The third kappa shape index (κ3) is 4.47. The third-order valence-corrected chi connectivity index (χ3v) is 5.45. The van der Waals surface area contributed by atoms with E-state index in [2.05, 4.69) is 9.82 Å². The van der Waals surface area contributed by atoms with Crippen LogP contribution in [0.3, 0.4) is 0 Å². The normalized spacial score (nSPS) is 17.8. The molecule has 140 valence electrons. The summed E-state index contributed by atoms with van der Waals surface area (Å²) >= 11 is 0. The van der Waals surface area contributed by atoms with Crippen LogP contribution in [0.4, 0.5) is 4.39 Å². The number of benzene rings is 1. The highest BCUT2D eigenvalue weighted by Crippen LogP contribution is 2.16. The average molecular weight is 381 g/mol. The Kier molecular flexibility index (Phi) is 5.38. The number of nitrogens with one attached hydrogen (secondary N) is 1. The Hall–Kier alpha value is -2.26. The lowest BCUT2D eigenvalue weighted by Gasteiger charge is -2.22. The standard InChI is InChI=1S/C17H20FN3O4S/c1-12-16(10-21(19-12)14-6-4-5-13(18)9-14)17(22)20-26(23,24)11-15-7-2-3-8-25-15/h4-6,9-10,15H,2-3,7-8,11H2,1H3,(H,20,22). The van der Waals surface area contributed by atoms with Crippen LogP contribution in [0.1, 0.15) is 35.3 Å². The van der Waals surface area contributed by atoms with E-state index in [1.54, 1.807) is 13.0 Å². The number of halogens is 1. The van der Waals surface area contributed by atoms with Gasteiger partial charge in [0.15, 0.2) is 0 Å². The van der Waals surface area contributed by atoms with E-state index in [-0.39, 0.29) is 11.3 Å². The van der Waals surface area contributed by atoms with Gasteiger partial charge >= 0.3 is 0 Å². The van der Waals surface area contributed by atoms with Crippen molar-refractivity contribution in [1.82, 2.24) is 14.5 Å². The molecule has 2 heterocycles. The molecule has 1 aliphatic heterocycles. The first-order valence-corrected chi connectivity index (χ1v) is 9.98. The van der Waals surface area contributed by atoms with Crippen LogP contribution in [-0.4, -0.2) is 42.6 Å². The van der Waals surface area contributed by atoms with Gasteiger partial charge in [-0.15, -0.1) is 0 Å². The highest BCUT2D eigenvalue weighted by atomic mass is 32.2. The lowest BCUT2D eigenvalue weighted by Crippen LogP contribution is -2.38. The number of aryl methyl sites for hydroxylation is 1. The van der Waals surface area contributed by atoms with Gasteiger partial charge in [-0.3, -0.25) is 4.79 Å². The van der Waals surface area contributed by atoms with Crippen molar-refractivity contribution in [1.29, 1.82) is 0 Å². The topological polar surface area (TPSA) is 90.3 Å². The molecule has 26 heavy (non-hydrogen) atoms. The SMILES string of the molecule is Cc1nn(-c2cccc(F)c2)cc1C(=O)NS(=O)(=O)CC1CCCCO1. The van der Waals surface area contributed by atoms with Crippen LogP contribution in [0.2, 0.25) is 0 Å². The number of hydrogen-bond acceptors (Lipinski definition) is 5. The maximum atomic E-state index is 13.4. The van der Waals surface area contributed by atoms with E-state index in [0.717, 1.165) is 12.8 Å². The number of sulfonamides is 1. The fraction of sp³-hybridized carbons (Fsp3) is 0.412. The highest BCUT2D eigenvalue weighted by molar-refractivity contribution is 7.90. The Morgan fingerprint density at radius 1 is 1.42 bits per heavy atom. The van der Waals surface area contributed by atoms with Gasteiger partial charge in [0.05, 0.1) is 28.8 Å². The molecule has 1 unspecified atom stereocenters. The molecular formula is C17H20FN3O4S. The fourth-order valence-electron chi connectivity index (χ4n) is 2.86. The van der Waals surface area contributed by atoms with E-state index >= 15 is 0 Å². The van der Waals surface area contributed by atoms with E-state index in [1.165, 1.54) is 29.1 Å². The highest BCUT2D eigenvalue weighted by Gasteiger charge is 2.25. The molecule has 0 saturated carbocycles. The van der Waals surface area contributed by atoms with Crippen LogP contribution < -0.4 is 4.72 Å². The molecule has 7 nitrogen and oxygen atoms in total. The van der Waals surface area contributed by atoms with Gasteiger partial charge in [-0.25, -0.2) is 22.2 Å². The molecule has 1 N–H and O–H groups in total. The van der Waals surface area contributed by atoms with Gasteiger partial charge in [-0.05, 0) is 44.4 Å². The van der Waals surface area contributed by atoms with Crippen LogP contribution in [0.25, 0.3) is 5.69 Å². The smallest absolute Gasteiger partial charge is 0.268 e. The van der Waals surface area contributed by atoms with Gasteiger partial charge in [0.1, 0.15) is 5.82 Å². The first-order valence-electron chi connectivity index (χ1n) is 8.33. The second kappa shape index (κ2) is 7.55. The zero-order chi connectivity index (χ0) is 18.7. The Morgan fingerprint density at radius 3 is 2.92 bits per heavy atom. The summed E-state index contributed by atoms with van der Waals surface area (Å²) in [6, 6.07) is 5.73. The summed E-state index contributed by atoms with van der Waals surface area (Å²) in [5, 5.41) is 4.16. The lowest BCUT2D eigenvalue weighted by molar-refractivity contribution is 0.0304. The summed E-state index contributed by atoms with van der Waals surface area (Å²) in [7, 11) is -3.83. The molecule has 0 spiro atoms. The van der Waals surface area contributed by atoms with Crippen molar-refractivity contribution in [2.24, 2.45) is 0 Å². The van der Waals surface area contributed by atoms with Gasteiger partial charge in [0.25, 0.3) is 5.91 Å². The van der Waals surface area contributed by atoms with E-state index in [1.807, 2.05) is 0 Å². The van der Waals surface area contributed by atoms with Crippen LogP contribution in [0.5, 0.6) is 0 Å². The number of aromatic nitrogens is 2. The number of hydrogen-bond donors (Lipinski definition) is 1. The van der Waals surface area contributed by atoms with Crippen molar-refractivity contribution >= 4 is 15.9 Å². The Balaban J connectivity index is 1.73. The summed E-state index contributed by atoms with van der Waals surface area (Å²) in [6.07, 6.45) is 3.47. The number of amides is 1. The average Bonchev–Trinajstić information content (AvgIpc) is 2.97. The molecule has 1 aromatic carbocycles. The Morgan fingerprint density at radius 2 is 2.23 bits per heavy atom. The number of rotatable bonds is 5. The fourth-order valence-corrected chi connectivity index (χ4v) is 4.08. The lowest BCUT2D eigenvalue weighted by atomic mass is 10.1. The first kappa shape index (κ1) is 18.5. The van der Waals surface area contributed by atoms with Crippen molar-refractivity contribution < 1.29 is 22.3 Å². The maximum absolute atomic E-state index is 13.4. The van der Waals surface area contributed by atoms with Crippen molar-refractivity contribution in [3.63, 3.8) is 0 Å². The van der Waals surface area contributed by atoms with E-state index < -0.39 is 27.9 Å². The predicted molar refractivity (Wildman–Crippen MR) is 93.1 cm³/mol. The number of ether oxygens (including phenoxy) is 1. The largest absolute Gasteiger partial charge is 0.377 e. The van der Waals surface area contributed by atoms with Gasteiger partial charge in [0.2, 0.25) is 10.0 Å². The Labute approximate surface area is 151 Å². The van der Waals surface area contributed by atoms with Crippen LogP contribution in [0, 0.1) is 12.7 Å². The molecule has 0 radical (unpaired) electrons. The van der Waals surface area contributed by atoms with Gasteiger partial charge < -0.3 is 4.74 Å². The van der Waals surface area contributed by atoms with E-state index in [0.29, 0.717) is 24.4 Å². The quantitative estimate of drug-likeness (QED) is 0.855. The van der Waals surface area contributed by atoms with Crippen molar-refractivity contribution in [2.45, 2.75) is 32.3 Å². The molecule has 2 aromatic rings. The molecule has 1 atom stereocenters. The van der Waals surface area contributed by atoms with Gasteiger partial charge in [0, 0.05) is 12.8 Å². The molecular weight excluding hydrogens is 361 g/mol. The van der Waals surface area contributed by atoms with Crippen molar-refractivity contribution in [2.75, 3.05) is 12.4 Å². The van der Waals surface area contributed by atoms with Crippen LogP contribution in [0.15, 0.2) is 30.5 Å². The summed E-state index contributed by atoms with van der Waals surface area (Å²) < 4.78 is 46.6. The summed E-state index contributed by atoms with van der Waals surface area (Å²) in [6.45, 7) is 2.12. The number of carbonyl (C=O) groups is 1. The van der Waals surface area contributed by atoms with Gasteiger partial charge in [-0.1, -0.05) is 6.07 Å². The Bertz CT molecular complexity index is 904. The van der Waals surface area contributed by atoms with Crippen molar-refractivity contribution in [3.8, 4) is 5.69 Å². The molecule has 1 saturated heterocycles. The zero-order valence-corrected chi connectivity index (χ0v) is 15.1. The number of carbonyl (C=O) groups excluding carboxylic acids is 1. The van der Waals surface area contributed by atoms with Crippen molar-refractivity contribution in [3.05, 3.63) is 47.5 Å². The molecule has 0 bridgehead atoms.